The zero-order chi connectivity index (χ0) is 15.6. The number of nitrogens with zero attached hydrogens (tertiary/aromatic N) is 2. The first kappa shape index (κ1) is 15.5. The first-order valence-electron chi connectivity index (χ1n) is 7.27. The summed E-state index contributed by atoms with van der Waals surface area (Å²) in [5.41, 5.74) is 2.39. The Morgan fingerprint density at radius 2 is 2.14 bits per heavy atom. The highest BCUT2D eigenvalue weighted by Crippen LogP contribution is 2.16. The summed E-state index contributed by atoms with van der Waals surface area (Å²) in [5, 5.41) is 12.2. The van der Waals surface area contributed by atoms with E-state index in [-0.39, 0.29) is 18.6 Å². The molecule has 0 aliphatic carbocycles. The summed E-state index contributed by atoms with van der Waals surface area (Å²) in [6.45, 7) is 6.02. The van der Waals surface area contributed by atoms with E-state index in [1.807, 2.05) is 24.6 Å². The number of hydrogen-bond acceptors (Lipinski definition) is 3. The Balaban J connectivity index is 2.19. The molecule has 0 spiro atoms. The molecule has 0 saturated carbocycles. The van der Waals surface area contributed by atoms with Gasteiger partial charge in [0.2, 0.25) is 0 Å². The Labute approximate surface area is 125 Å². The lowest BCUT2D eigenvalue weighted by molar-refractivity contribution is 0.0908. The highest BCUT2D eigenvalue weighted by molar-refractivity contribution is 5.97. The number of amides is 1. The molecule has 5 nitrogen and oxygen atoms in total. The van der Waals surface area contributed by atoms with Crippen LogP contribution in [0.3, 0.4) is 0 Å². The lowest BCUT2D eigenvalue weighted by atomic mass is 10.0. The maximum Gasteiger partial charge on any atom is 0.251 e. The first-order valence-corrected chi connectivity index (χ1v) is 7.27. The van der Waals surface area contributed by atoms with E-state index in [0.717, 1.165) is 23.3 Å². The van der Waals surface area contributed by atoms with E-state index in [0.29, 0.717) is 11.5 Å². The highest BCUT2D eigenvalue weighted by Gasteiger charge is 2.15. The number of nitrogens with one attached hydrogen (secondary N) is 1. The number of aliphatic hydroxyl groups is 1. The maximum atomic E-state index is 12.3. The largest absolute Gasteiger partial charge is 0.394 e. The van der Waals surface area contributed by atoms with Gasteiger partial charge in [-0.05, 0) is 37.5 Å². The summed E-state index contributed by atoms with van der Waals surface area (Å²) < 4.78 is 1.99. The van der Waals surface area contributed by atoms with Crippen LogP contribution in [0.25, 0.3) is 11.0 Å². The molecular weight excluding hydrogens is 266 g/mol. The van der Waals surface area contributed by atoms with Gasteiger partial charge in [0.25, 0.3) is 5.91 Å². The number of aliphatic hydroxyl groups excluding tert-OH is 1. The van der Waals surface area contributed by atoms with E-state index in [1.54, 1.807) is 12.1 Å². The smallest absolute Gasteiger partial charge is 0.251 e. The molecule has 0 radical (unpaired) electrons. The topological polar surface area (TPSA) is 67.2 Å². The fraction of sp³-hybridized carbons (Fsp3) is 0.500. The molecule has 1 aromatic carbocycles. The zero-order valence-corrected chi connectivity index (χ0v) is 13.1. The number of fused-ring (bicyclic) bond motifs is 1. The third-order valence-electron chi connectivity index (χ3n) is 3.68. The predicted octanol–water partition coefficient (Wildman–Crippen LogP) is 2.02. The SMILES string of the molecule is Cc1nc2cc(C(=O)NC(CO)CC(C)C)ccc2n1C. The Morgan fingerprint density at radius 3 is 2.76 bits per heavy atom. The minimum absolute atomic E-state index is 0.0468. The summed E-state index contributed by atoms with van der Waals surface area (Å²) >= 11 is 0. The summed E-state index contributed by atoms with van der Waals surface area (Å²) in [6.07, 6.45) is 0.757. The van der Waals surface area contributed by atoms with Gasteiger partial charge < -0.3 is 15.0 Å². The van der Waals surface area contributed by atoms with Gasteiger partial charge in [-0.25, -0.2) is 4.98 Å². The van der Waals surface area contributed by atoms with Gasteiger partial charge >= 0.3 is 0 Å². The Morgan fingerprint density at radius 1 is 1.43 bits per heavy atom. The molecule has 0 saturated heterocycles. The minimum Gasteiger partial charge on any atom is -0.394 e. The number of carbonyl (C=O) groups excluding carboxylic acids is 1. The van der Waals surface area contributed by atoms with Crippen LogP contribution in [0.5, 0.6) is 0 Å². The zero-order valence-electron chi connectivity index (χ0n) is 13.1. The number of rotatable bonds is 5. The van der Waals surface area contributed by atoms with Gasteiger partial charge in [0.05, 0.1) is 23.7 Å². The average Bonchev–Trinajstić information content (AvgIpc) is 2.72. The minimum atomic E-state index is -0.210. The van der Waals surface area contributed by atoms with E-state index < -0.39 is 0 Å². The molecule has 2 aromatic rings. The van der Waals surface area contributed by atoms with Crippen molar-refractivity contribution in [2.75, 3.05) is 6.61 Å². The van der Waals surface area contributed by atoms with E-state index in [9.17, 15) is 9.90 Å². The summed E-state index contributed by atoms with van der Waals surface area (Å²) in [7, 11) is 1.95. The second kappa shape index (κ2) is 6.26. The molecule has 2 N–H and O–H groups in total. The van der Waals surface area contributed by atoms with Gasteiger partial charge in [0.15, 0.2) is 0 Å². The van der Waals surface area contributed by atoms with Crippen LogP contribution in [0, 0.1) is 12.8 Å². The average molecular weight is 289 g/mol. The van der Waals surface area contributed by atoms with Gasteiger partial charge in [-0.15, -0.1) is 0 Å². The fourth-order valence-electron chi connectivity index (χ4n) is 2.48. The highest BCUT2D eigenvalue weighted by atomic mass is 16.3. The number of aryl methyl sites for hydroxylation is 2. The van der Waals surface area contributed by atoms with Gasteiger partial charge in [0.1, 0.15) is 5.82 Å². The Bertz CT molecular complexity index is 646. The Hall–Kier alpha value is -1.88. The summed E-state index contributed by atoms with van der Waals surface area (Å²) in [5.74, 6) is 1.17. The molecule has 0 bridgehead atoms. The van der Waals surface area contributed by atoms with Gasteiger partial charge in [0, 0.05) is 12.6 Å². The van der Waals surface area contributed by atoms with Crippen molar-refractivity contribution in [1.29, 1.82) is 0 Å². The van der Waals surface area contributed by atoms with Gasteiger partial charge in [-0.2, -0.15) is 0 Å². The van der Waals surface area contributed by atoms with Crippen LogP contribution in [-0.2, 0) is 7.05 Å². The van der Waals surface area contributed by atoms with Crippen molar-refractivity contribution in [3.05, 3.63) is 29.6 Å². The molecule has 114 valence electrons. The fourth-order valence-corrected chi connectivity index (χ4v) is 2.48. The summed E-state index contributed by atoms with van der Waals surface area (Å²) in [6, 6.07) is 5.28. The predicted molar refractivity (Wildman–Crippen MR) is 83.2 cm³/mol. The van der Waals surface area contributed by atoms with Gasteiger partial charge in [-0.3, -0.25) is 4.79 Å². The Kier molecular flexibility index (Phi) is 4.63. The third kappa shape index (κ3) is 3.42. The van der Waals surface area contributed by atoms with Crippen LogP contribution in [-0.4, -0.2) is 33.2 Å². The normalized spacial score (nSPS) is 12.9. The molecule has 0 aliphatic heterocycles. The van der Waals surface area contributed by atoms with Crippen LogP contribution < -0.4 is 5.32 Å². The number of carbonyl (C=O) groups is 1. The maximum absolute atomic E-state index is 12.3. The van der Waals surface area contributed by atoms with E-state index >= 15 is 0 Å². The molecule has 1 unspecified atom stereocenters. The van der Waals surface area contributed by atoms with Crippen molar-refractivity contribution in [2.24, 2.45) is 13.0 Å². The van der Waals surface area contributed by atoms with E-state index in [4.69, 9.17) is 0 Å². The third-order valence-corrected chi connectivity index (χ3v) is 3.68. The van der Waals surface area contributed by atoms with E-state index in [1.165, 1.54) is 0 Å². The van der Waals surface area contributed by atoms with Gasteiger partial charge in [-0.1, -0.05) is 13.8 Å². The monoisotopic (exact) mass is 289 g/mol. The second-order valence-corrected chi connectivity index (χ2v) is 5.90. The number of hydrogen-bond donors (Lipinski definition) is 2. The van der Waals surface area contributed by atoms with Crippen molar-refractivity contribution in [3.63, 3.8) is 0 Å². The molecule has 21 heavy (non-hydrogen) atoms. The van der Waals surface area contributed by atoms with E-state index in [2.05, 4.69) is 24.1 Å². The van der Waals surface area contributed by atoms with Crippen molar-refractivity contribution in [3.8, 4) is 0 Å². The first-order chi connectivity index (χ1) is 9.92. The molecule has 5 heteroatoms. The lowest BCUT2D eigenvalue weighted by Crippen LogP contribution is -2.38. The lowest BCUT2D eigenvalue weighted by Gasteiger charge is -2.18. The quantitative estimate of drug-likeness (QED) is 0.885. The number of aromatic nitrogens is 2. The molecule has 0 fully saturated rings. The number of benzene rings is 1. The van der Waals surface area contributed by atoms with Crippen LogP contribution in [0.2, 0.25) is 0 Å². The van der Waals surface area contributed by atoms with Crippen molar-refractivity contribution in [2.45, 2.75) is 33.2 Å². The molecular formula is C16H23N3O2. The summed E-state index contributed by atoms with van der Waals surface area (Å²) in [4.78, 5) is 16.7. The van der Waals surface area contributed by atoms with Crippen LogP contribution >= 0.6 is 0 Å². The van der Waals surface area contributed by atoms with Crippen LogP contribution in [0.1, 0.15) is 36.5 Å². The van der Waals surface area contributed by atoms with Crippen molar-refractivity contribution < 1.29 is 9.90 Å². The molecule has 1 amide bonds. The molecule has 2 rings (SSSR count). The molecule has 0 aliphatic rings. The van der Waals surface area contributed by atoms with Crippen LogP contribution in [0.15, 0.2) is 18.2 Å². The molecule has 1 atom stereocenters. The molecule has 1 aromatic heterocycles. The van der Waals surface area contributed by atoms with Crippen molar-refractivity contribution >= 4 is 16.9 Å². The second-order valence-electron chi connectivity index (χ2n) is 5.90. The van der Waals surface area contributed by atoms with Crippen LogP contribution in [0.4, 0.5) is 0 Å². The standard InChI is InChI=1S/C16H23N3O2/c1-10(2)7-13(9-20)18-16(21)12-5-6-15-14(8-12)17-11(3)19(15)4/h5-6,8,10,13,20H,7,9H2,1-4H3,(H,18,21). The molecule has 1 heterocycles. The number of imidazole rings is 1. The van der Waals surface area contributed by atoms with Crippen molar-refractivity contribution in [1.82, 2.24) is 14.9 Å².